The van der Waals surface area contributed by atoms with Crippen LogP contribution in [-0.4, -0.2) is 43.1 Å². The average Bonchev–Trinajstić information content (AvgIpc) is 2.60. The van der Waals surface area contributed by atoms with Gasteiger partial charge in [-0.3, -0.25) is 4.79 Å². The van der Waals surface area contributed by atoms with Crippen molar-refractivity contribution in [3.05, 3.63) is 54.1 Å². The number of hydrogen-bond donors (Lipinski definition) is 0. The third-order valence-corrected chi connectivity index (χ3v) is 3.59. The van der Waals surface area contributed by atoms with Crippen molar-refractivity contribution in [2.75, 3.05) is 20.2 Å². The molecule has 0 heterocycles. The van der Waals surface area contributed by atoms with Crippen LogP contribution in [-0.2, 0) is 4.74 Å². The fourth-order valence-corrected chi connectivity index (χ4v) is 2.29. The molecule has 0 fully saturated rings. The van der Waals surface area contributed by atoms with E-state index in [-0.39, 0.29) is 6.09 Å². The average molecular weight is 355 g/mol. The Kier molecular flexibility index (Phi) is 6.39. The van der Waals surface area contributed by atoms with Gasteiger partial charge in [0.05, 0.1) is 6.54 Å². The lowest BCUT2D eigenvalue weighted by atomic mass is 10.0. The Bertz CT molecular complexity index is 765. The standard InChI is InChI=1S/C21H25NO4/c1-21(2,3)26-20(24)22(4)11-12-25-19-10-6-9-18(14-19)17-8-5-7-16(13-17)15-23/h5-10,13-15H,11-12H2,1-4H3. The summed E-state index contributed by atoms with van der Waals surface area (Å²) in [5, 5.41) is 0. The maximum Gasteiger partial charge on any atom is 0.410 e. The van der Waals surface area contributed by atoms with E-state index in [2.05, 4.69) is 0 Å². The molecule has 0 atom stereocenters. The van der Waals surface area contributed by atoms with E-state index >= 15 is 0 Å². The third-order valence-electron chi connectivity index (χ3n) is 3.59. The molecule has 1 amide bonds. The summed E-state index contributed by atoms with van der Waals surface area (Å²) >= 11 is 0. The van der Waals surface area contributed by atoms with Crippen molar-refractivity contribution in [3.8, 4) is 16.9 Å². The lowest BCUT2D eigenvalue weighted by molar-refractivity contribution is 0.0278. The minimum Gasteiger partial charge on any atom is -0.492 e. The van der Waals surface area contributed by atoms with E-state index in [0.29, 0.717) is 24.5 Å². The maximum atomic E-state index is 11.9. The molecule has 0 bridgehead atoms. The number of nitrogens with zero attached hydrogens (tertiary/aromatic N) is 1. The van der Waals surface area contributed by atoms with Crippen molar-refractivity contribution in [2.24, 2.45) is 0 Å². The zero-order valence-corrected chi connectivity index (χ0v) is 15.7. The summed E-state index contributed by atoms with van der Waals surface area (Å²) in [5.41, 5.74) is 2.03. The van der Waals surface area contributed by atoms with Crippen LogP contribution in [0.3, 0.4) is 0 Å². The van der Waals surface area contributed by atoms with Gasteiger partial charge in [0, 0.05) is 12.6 Å². The second kappa shape index (κ2) is 8.52. The molecule has 0 unspecified atom stereocenters. The Balaban J connectivity index is 1.94. The second-order valence-corrected chi connectivity index (χ2v) is 7.02. The molecule has 0 saturated heterocycles. The number of likely N-dealkylation sites (N-methyl/N-ethyl adjacent to an activating group) is 1. The van der Waals surface area contributed by atoms with Crippen molar-refractivity contribution in [1.29, 1.82) is 0 Å². The van der Waals surface area contributed by atoms with Crippen molar-refractivity contribution >= 4 is 12.4 Å². The summed E-state index contributed by atoms with van der Waals surface area (Å²) in [6.45, 7) is 6.27. The monoisotopic (exact) mass is 355 g/mol. The first-order chi connectivity index (χ1) is 12.3. The van der Waals surface area contributed by atoms with Crippen LogP contribution < -0.4 is 4.74 Å². The number of rotatable bonds is 6. The molecular weight excluding hydrogens is 330 g/mol. The highest BCUT2D eigenvalue weighted by molar-refractivity contribution is 5.79. The molecule has 0 aliphatic carbocycles. The van der Waals surface area contributed by atoms with E-state index in [1.165, 1.54) is 4.90 Å². The van der Waals surface area contributed by atoms with E-state index in [4.69, 9.17) is 9.47 Å². The summed E-state index contributed by atoms with van der Waals surface area (Å²) in [4.78, 5) is 24.3. The first-order valence-electron chi connectivity index (χ1n) is 8.51. The van der Waals surface area contributed by atoms with Gasteiger partial charge in [-0.25, -0.2) is 4.79 Å². The van der Waals surface area contributed by atoms with Gasteiger partial charge in [-0.15, -0.1) is 0 Å². The van der Waals surface area contributed by atoms with Crippen LogP contribution in [0.5, 0.6) is 5.75 Å². The number of carbonyl (C=O) groups excluding carboxylic acids is 2. The first kappa shape index (κ1) is 19.5. The van der Waals surface area contributed by atoms with E-state index in [1.807, 2.05) is 63.2 Å². The molecule has 0 saturated carbocycles. The van der Waals surface area contributed by atoms with Crippen LogP contribution >= 0.6 is 0 Å². The van der Waals surface area contributed by atoms with Crippen LogP contribution in [0.2, 0.25) is 0 Å². The minimum absolute atomic E-state index is 0.355. The first-order valence-corrected chi connectivity index (χ1v) is 8.51. The molecule has 2 rings (SSSR count). The Morgan fingerprint density at radius 3 is 2.38 bits per heavy atom. The molecule has 0 N–H and O–H groups in total. The normalized spacial score (nSPS) is 10.9. The Labute approximate surface area is 154 Å². The van der Waals surface area contributed by atoms with Crippen molar-refractivity contribution in [1.82, 2.24) is 4.90 Å². The van der Waals surface area contributed by atoms with Gasteiger partial charge in [0.1, 0.15) is 24.2 Å². The number of hydrogen-bond acceptors (Lipinski definition) is 4. The number of ether oxygens (including phenoxy) is 2. The van der Waals surface area contributed by atoms with Gasteiger partial charge in [-0.1, -0.05) is 30.3 Å². The molecule has 2 aromatic rings. The van der Waals surface area contributed by atoms with E-state index in [1.54, 1.807) is 13.1 Å². The SMILES string of the molecule is CN(CCOc1cccc(-c2cccc(C=O)c2)c1)C(=O)OC(C)(C)C. The molecule has 0 aliphatic heterocycles. The van der Waals surface area contributed by atoms with Crippen molar-refractivity contribution < 1.29 is 19.1 Å². The van der Waals surface area contributed by atoms with Crippen LogP contribution in [0, 0.1) is 0 Å². The predicted octanol–water partition coefficient (Wildman–Crippen LogP) is 4.41. The maximum absolute atomic E-state index is 11.9. The molecule has 26 heavy (non-hydrogen) atoms. The van der Waals surface area contributed by atoms with Gasteiger partial charge in [-0.2, -0.15) is 0 Å². The highest BCUT2D eigenvalue weighted by Gasteiger charge is 2.19. The topological polar surface area (TPSA) is 55.8 Å². The minimum atomic E-state index is -0.517. The molecule has 5 heteroatoms. The van der Waals surface area contributed by atoms with Crippen molar-refractivity contribution in [3.63, 3.8) is 0 Å². The number of aldehydes is 1. The van der Waals surface area contributed by atoms with Crippen LogP contribution in [0.1, 0.15) is 31.1 Å². The Morgan fingerprint density at radius 2 is 1.73 bits per heavy atom. The molecule has 0 aliphatic rings. The lowest BCUT2D eigenvalue weighted by Gasteiger charge is -2.24. The molecule has 2 aromatic carbocycles. The van der Waals surface area contributed by atoms with Gasteiger partial charge >= 0.3 is 6.09 Å². The summed E-state index contributed by atoms with van der Waals surface area (Å²) in [5.74, 6) is 0.705. The molecule has 0 spiro atoms. The number of carbonyl (C=O) groups is 2. The summed E-state index contributed by atoms with van der Waals surface area (Å²) in [7, 11) is 1.68. The zero-order chi connectivity index (χ0) is 19.2. The van der Waals surface area contributed by atoms with E-state index in [0.717, 1.165) is 17.4 Å². The highest BCUT2D eigenvalue weighted by Crippen LogP contribution is 2.24. The molecule has 5 nitrogen and oxygen atoms in total. The summed E-state index contributed by atoms with van der Waals surface area (Å²) < 4.78 is 11.1. The molecular formula is C21H25NO4. The van der Waals surface area contributed by atoms with Crippen molar-refractivity contribution in [2.45, 2.75) is 26.4 Å². The van der Waals surface area contributed by atoms with Crippen LogP contribution in [0.4, 0.5) is 4.79 Å². The summed E-state index contributed by atoms with van der Waals surface area (Å²) in [6, 6.07) is 15.0. The second-order valence-electron chi connectivity index (χ2n) is 7.02. The highest BCUT2D eigenvalue weighted by atomic mass is 16.6. The van der Waals surface area contributed by atoms with Gasteiger partial charge < -0.3 is 14.4 Å². The number of amides is 1. The van der Waals surface area contributed by atoms with Crippen LogP contribution in [0.25, 0.3) is 11.1 Å². The summed E-state index contributed by atoms with van der Waals surface area (Å²) in [6.07, 6.45) is 0.455. The predicted molar refractivity (Wildman–Crippen MR) is 102 cm³/mol. The Morgan fingerprint density at radius 1 is 1.08 bits per heavy atom. The van der Waals surface area contributed by atoms with Gasteiger partial charge in [0.15, 0.2) is 0 Å². The Hall–Kier alpha value is -2.82. The van der Waals surface area contributed by atoms with Gasteiger partial charge in [0.25, 0.3) is 0 Å². The lowest BCUT2D eigenvalue weighted by Crippen LogP contribution is -2.36. The molecule has 138 valence electrons. The van der Waals surface area contributed by atoms with Gasteiger partial charge in [-0.05, 0) is 50.1 Å². The van der Waals surface area contributed by atoms with E-state index in [9.17, 15) is 9.59 Å². The third kappa shape index (κ3) is 5.92. The smallest absolute Gasteiger partial charge is 0.410 e. The van der Waals surface area contributed by atoms with Crippen LogP contribution in [0.15, 0.2) is 48.5 Å². The quantitative estimate of drug-likeness (QED) is 0.720. The number of benzene rings is 2. The largest absolute Gasteiger partial charge is 0.492 e. The van der Waals surface area contributed by atoms with Gasteiger partial charge in [0.2, 0.25) is 0 Å². The fourth-order valence-electron chi connectivity index (χ4n) is 2.29. The molecule has 0 aromatic heterocycles. The van der Waals surface area contributed by atoms with E-state index < -0.39 is 5.60 Å². The molecule has 0 radical (unpaired) electrons. The fraction of sp³-hybridized carbons (Fsp3) is 0.333. The zero-order valence-electron chi connectivity index (χ0n) is 15.7.